The van der Waals surface area contributed by atoms with Gasteiger partial charge in [-0.25, -0.2) is 0 Å². The second-order valence-electron chi connectivity index (χ2n) is 3.52. The summed E-state index contributed by atoms with van der Waals surface area (Å²) in [5, 5.41) is 18.8. The van der Waals surface area contributed by atoms with Gasteiger partial charge in [-0.3, -0.25) is 0 Å². The van der Waals surface area contributed by atoms with Crippen molar-refractivity contribution in [2.24, 2.45) is 0 Å². The molecular formula is C11H18O4. The third kappa shape index (κ3) is 2.89. The summed E-state index contributed by atoms with van der Waals surface area (Å²) in [5.41, 5.74) is 0.946. The summed E-state index contributed by atoms with van der Waals surface area (Å²) in [4.78, 5) is 0. The van der Waals surface area contributed by atoms with Crippen molar-refractivity contribution in [1.29, 1.82) is 0 Å². The van der Waals surface area contributed by atoms with Gasteiger partial charge in [-0.1, -0.05) is 6.08 Å². The number of aliphatic hydroxyl groups is 2. The molecule has 2 unspecified atom stereocenters. The highest BCUT2D eigenvalue weighted by molar-refractivity contribution is 5.29. The molecule has 2 N–H and O–H groups in total. The maximum atomic E-state index is 10.1. The molecule has 0 aliphatic heterocycles. The van der Waals surface area contributed by atoms with Gasteiger partial charge in [-0.2, -0.15) is 0 Å². The normalized spacial score (nSPS) is 30.4. The minimum atomic E-state index is -1.39. The summed E-state index contributed by atoms with van der Waals surface area (Å²) in [6.45, 7) is 0.143. The van der Waals surface area contributed by atoms with Crippen LogP contribution in [0.4, 0.5) is 0 Å². The zero-order chi connectivity index (χ0) is 11.3. The first-order valence-corrected chi connectivity index (χ1v) is 4.97. The van der Waals surface area contributed by atoms with E-state index in [0.29, 0.717) is 6.42 Å². The molecule has 4 heteroatoms. The maximum absolute atomic E-state index is 10.1. The molecule has 4 nitrogen and oxygen atoms in total. The van der Waals surface area contributed by atoms with Crippen molar-refractivity contribution in [3.05, 3.63) is 23.8 Å². The van der Waals surface area contributed by atoms with E-state index < -0.39 is 11.9 Å². The highest BCUT2D eigenvalue weighted by atomic mass is 16.6. The monoisotopic (exact) mass is 214 g/mol. The van der Waals surface area contributed by atoms with Gasteiger partial charge in [0, 0.05) is 20.8 Å². The lowest BCUT2D eigenvalue weighted by atomic mass is 9.96. The molecule has 0 aromatic rings. The zero-order valence-electron chi connectivity index (χ0n) is 9.14. The number of methoxy groups -OCH3 is 2. The van der Waals surface area contributed by atoms with Crippen LogP contribution < -0.4 is 0 Å². The lowest BCUT2D eigenvalue weighted by Crippen LogP contribution is -2.44. The quantitative estimate of drug-likeness (QED) is 0.658. The second kappa shape index (κ2) is 5.42. The molecule has 0 amide bonds. The minimum Gasteiger partial charge on any atom is -0.396 e. The highest BCUT2D eigenvalue weighted by Gasteiger charge is 2.35. The number of aliphatic hydroxyl groups excluding tert-OH is 1. The Kier molecular flexibility index (Phi) is 4.47. The maximum Gasteiger partial charge on any atom is 0.216 e. The third-order valence-electron chi connectivity index (χ3n) is 2.49. The third-order valence-corrected chi connectivity index (χ3v) is 2.49. The molecule has 2 atom stereocenters. The van der Waals surface area contributed by atoms with E-state index in [1.165, 1.54) is 14.2 Å². The van der Waals surface area contributed by atoms with Gasteiger partial charge in [0.25, 0.3) is 0 Å². The summed E-state index contributed by atoms with van der Waals surface area (Å²) >= 11 is 0. The number of hydrogen-bond acceptors (Lipinski definition) is 4. The van der Waals surface area contributed by atoms with E-state index in [4.69, 9.17) is 14.6 Å². The first kappa shape index (κ1) is 12.4. The van der Waals surface area contributed by atoms with E-state index in [1.807, 2.05) is 6.08 Å². The van der Waals surface area contributed by atoms with Crippen LogP contribution in [0.2, 0.25) is 0 Å². The van der Waals surface area contributed by atoms with Crippen molar-refractivity contribution in [2.45, 2.75) is 24.7 Å². The number of hydrogen-bond donors (Lipinski definition) is 2. The lowest BCUT2D eigenvalue weighted by Gasteiger charge is -2.32. The number of ether oxygens (including phenoxy) is 2. The summed E-state index contributed by atoms with van der Waals surface area (Å²) in [6.07, 6.45) is 6.19. The Bertz CT molecular complexity index is 259. The molecule has 0 heterocycles. The molecule has 0 saturated carbocycles. The fourth-order valence-electron chi connectivity index (χ4n) is 1.61. The fourth-order valence-corrected chi connectivity index (χ4v) is 1.61. The Morgan fingerprint density at radius 3 is 2.73 bits per heavy atom. The van der Waals surface area contributed by atoms with Gasteiger partial charge in [0.05, 0.1) is 0 Å². The predicted molar refractivity (Wildman–Crippen MR) is 56.3 cm³/mol. The van der Waals surface area contributed by atoms with Gasteiger partial charge in [0.2, 0.25) is 5.79 Å². The van der Waals surface area contributed by atoms with Crippen LogP contribution in [0.5, 0.6) is 0 Å². The van der Waals surface area contributed by atoms with E-state index in [9.17, 15) is 5.11 Å². The van der Waals surface area contributed by atoms with Gasteiger partial charge in [0.1, 0.15) is 6.10 Å². The highest BCUT2D eigenvalue weighted by Crippen LogP contribution is 2.26. The predicted octanol–water partition coefficient (Wildman–Crippen LogP) is 0.605. The number of allylic oxidation sites excluding steroid dienone is 2. The van der Waals surface area contributed by atoms with Crippen molar-refractivity contribution in [2.75, 3.05) is 20.8 Å². The molecule has 0 fully saturated rings. The van der Waals surface area contributed by atoms with E-state index in [1.54, 1.807) is 12.2 Å². The SMILES string of the molecule is COC1C=CC(CCCO)=CC1(O)OC. The second-order valence-corrected chi connectivity index (χ2v) is 3.52. The molecule has 0 bridgehead atoms. The summed E-state index contributed by atoms with van der Waals surface area (Å²) in [6, 6.07) is 0. The van der Waals surface area contributed by atoms with Crippen LogP contribution in [0, 0.1) is 0 Å². The van der Waals surface area contributed by atoms with Gasteiger partial charge >= 0.3 is 0 Å². The van der Waals surface area contributed by atoms with Crippen LogP contribution in [0.25, 0.3) is 0 Å². The average molecular weight is 214 g/mol. The summed E-state index contributed by atoms with van der Waals surface area (Å²) < 4.78 is 10.1. The van der Waals surface area contributed by atoms with Crippen molar-refractivity contribution in [3.8, 4) is 0 Å². The topological polar surface area (TPSA) is 58.9 Å². The summed E-state index contributed by atoms with van der Waals surface area (Å²) in [5.74, 6) is -1.39. The fraction of sp³-hybridized carbons (Fsp3) is 0.636. The van der Waals surface area contributed by atoms with Crippen molar-refractivity contribution < 1.29 is 19.7 Å². The Labute approximate surface area is 89.8 Å². The Morgan fingerprint density at radius 2 is 2.20 bits per heavy atom. The van der Waals surface area contributed by atoms with Crippen LogP contribution >= 0.6 is 0 Å². The van der Waals surface area contributed by atoms with Crippen molar-refractivity contribution >= 4 is 0 Å². The molecular weight excluding hydrogens is 196 g/mol. The van der Waals surface area contributed by atoms with E-state index in [2.05, 4.69) is 0 Å². The van der Waals surface area contributed by atoms with Crippen LogP contribution in [-0.2, 0) is 9.47 Å². The zero-order valence-corrected chi connectivity index (χ0v) is 9.14. The first-order valence-electron chi connectivity index (χ1n) is 4.97. The lowest BCUT2D eigenvalue weighted by molar-refractivity contribution is -0.203. The molecule has 1 aliphatic rings. The van der Waals surface area contributed by atoms with Crippen LogP contribution in [0.3, 0.4) is 0 Å². The largest absolute Gasteiger partial charge is 0.396 e. The Balaban J connectivity index is 2.74. The standard InChI is InChI=1S/C11H18O4/c1-14-10-6-5-9(4-3-7-12)8-11(10,13)15-2/h5-6,8,10,12-13H,3-4,7H2,1-2H3. The molecule has 0 aromatic heterocycles. The van der Waals surface area contributed by atoms with Gasteiger partial charge in [-0.15, -0.1) is 0 Å². The van der Waals surface area contributed by atoms with Gasteiger partial charge in [-0.05, 0) is 30.6 Å². The molecule has 0 radical (unpaired) electrons. The van der Waals surface area contributed by atoms with Crippen molar-refractivity contribution in [1.82, 2.24) is 0 Å². The molecule has 0 saturated heterocycles. The van der Waals surface area contributed by atoms with Gasteiger partial charge in [0.15, 0.2) is 0 Å². The Morgan fingerprint density at radius 1 is 1.47 bits per heavy atom. The van der Waals surface area contributed by atoms with E-state index in [0.717, 1.165) is 12.0 Å². The van der Waals surface area contributed by atoms with Gasteiger partial charge < -0.3 is 19.7 Å². The van der Waals surface area contributed by atoms with Crippen LogP contribution in [-0.4, -0.2) is 42.9 Å². The number of rotatable bonds is 5. The smallest absolute Gasteiger partial charge is 0.216 e. The Hall–Kier alpha value is -0.680. The molecule has 1 rings (SSSR count). The molecule has 15 heavy (non-hydrogen) atoms. The summed E-state index contributed by atoms with van der Waals surface area (Å²) in [7, 11) is 2.96. The molecule has 1 aliphatic carbocycles. The molecule has 0 aromatic carbocycles. The van der Waals surface area contributed by atoms with Crippen LogP contribution in [0.15, 0.2) is 23.8 Å². The molecule has 0 spiro atoms. The van der Waals surface area contributed by atoms with E-state index >= 15 is 0 Å². The average Bonchev–Trinajstić information content (AvgIpc) is 2.26. The minimum absolute atomic E-state index is 0.143. The first-order chi connectivity index (χ1) is 7.16. The van der Waals surface area contributed by atoms with E-state index in [-0.39, 0.29) is 6.61 Å². The van der Waals surface area contributed by atoms with Crippen molar-refractivity contribution in [3.63, 3.8) is 0 Å². The van der Waals surface area contributed by atoms with Crippen LogP contribution in [0.1, 0.15) is 12.8 Å². The molecule has 86 valence electrons.